The minimum absolute atomic E-state index is 0.176. The first-order valence-corrected chi connectivity index (χ1v) is 15.5. The first-order chi connectivity index (χ1) is 18.0. The van der Waals surface area contributed by atoms with Crippen molar-refractivity contribution in [2.24, 2.45) is 0 Å². The maximum atomic E-state index is 13.7. The highest BCUT2D eigenvalue weighted by Crippen LogP contribution is 2.36. The van der Waals surface area contributed by atoms with Gasteiger partial charge < -0.3 is 24.1 Å². The number of halogens is 1. The van der Waals surface area contributed by atoms with Crippen molar-refractivity contribution < 1.29 is 27.5 Å². The third-order valence-corrected chi connectivity index (χ3v) is 7.94. The number of rotatable bonds is 7. The summed E-state index contributed by atoms with van der Waals surface area (Å²) in [4.78, 5) is 40.4. The average molecular weight is 583 g/mol. The first-order valence-electron chi connectivity index (χ1n) is 12.0. The van der Waals surface area contributed by atoms with Crippen LogP contribution in [0.1, 0.15) is 46.9 Å². The van der Waals surface area contributed by atoms with E-state index in [1.54, 1.807) is 9.42 Å². The molecule has 1 amide bonds. The highest BCUT2D eigenvalue weighted by molar-refractivity contribution is 7.92. The number of benzene rings is 1. The van der Waals surface area contributed by atoms with E-state index in [9.17, 15) is 13.2 Å². The van der Waals surface area contributed by atoms with E-state index in [-0.39, 0.29) is 29.3 Å². The Labute approximate surface area is 226 Å². The molecule has 3 aromatic rings. The number of likely N-dealkylation sites (tertiary alicyclic amines) is 1. The van der Waals surface area contributed by atoms with Gasteiger partial charge in [0.25, 0.3) is 5.91 Å². The lowest BCUT2D eigenvalue weighted by Crippen LogP contribution is -2.52. The monoisotopic (exact) mass is 582 g/mol. The van der Waals surface area contributed by atoms with Crippen molar-refractivity contribution in [2.75, 3.05) is 35.5 Å². The molecule has 0 aliphatic carbocycles. The van der Waals surface area contributed by atoms with Gasteiger partial charge in [-0.1, -0.05) is 11.6 Å². The molecular formula is C23H28ClN6O6PS. The summed E-state index contributed by atoms with van der Waals surface area (Å²) in [7, 11) is -6.00. The molecule has 1 unspecified atom stereocenters. The van der Waals surface area contributed by atoms with Gasteiger partial charge in [-0.05, 0) is 44.4 Å². The van der Waals surface area contributed by atoms with Crippen LogP contribution < -0.4 is 9.62 Å². The number of carbonyl (C=O) groups is 1. The third kappa shape index (κ3) is 5.73. The van der Waals surface area contributed by atoms with Crippen LogP contribution in [0.5, 0.6) is 0 Å². The van der Waals surface area contributed by atoms with E-state index in [4.69, 9.17) is 36.0 Å². The number of hydrogen-bond donors (Lipinski definition) is 3. The van der Waals surface area contributed by atoms with Crippen molar-refractivity contribution in [3.8, 4) is 0 Å². The summed E-state index contributed by atoms with van der Waals surface area (Å²) in [5.74, 6) is 0.431. The number of nitrogens with one attached hydrogen (secondary N) is 1. The molecule has 38 heavy (non-hydrogen) atoms. The average Bonchev–Trinajstić information content (AvgIpc) is 3.23. The van der Waals surface area contributed by atoms with Crippen molar-refractivity contribution in [1.82, 2.24) is 19.5 Å². The van der Waals surface area contributed by atoms with E-state index >= 15 is 0 Å². The number of fused-ring (bicyclic) bond motifs is 1. The van der Waals surface area contributed by atoms with E-state index in [0.717, 1.165) is 30.5 Å². The molecule has 1 atom stereocenters. The predicted molar refractivity (Wildman–Crippen MR) is 144 cm³/mol. The van der Waals surface area contributed by atoms with Gasteiger partial charge in [0.15, 0.2) is 5.65 Å². The van der Waals surface area contributed by atoms with Crippen LogP contribution in [0.25, 0.3) is 5.65 Å². The molecule has 204 valence electrons. The molecule has 2 fully saturated rings. The highest BCUT2D eigenvalue weighted by atomic mass is 35.5. The molecule has 0 saturated carbocycles. The number of aromatic nitrogens is 3. The molecule has 2 aromatic heterocycles. The molecule has 0 radical (unpaired) electrons. The molecule has 2 aliphatic heterocycles. The normalized spacial score (nSPS) is 18.7. The van der Waals surface area contributed by atoms with Crippen LogP contribution in [0, 0.1) is 6.92 Å². The fourth-order valence-electron chi connectivity index (χ4n) is 4.93. The maximum absolute atomic E-state index is 13.7. The number of carbonyl (C=O) groups excluding carboxylic acids is 1. The fourth-order valence-corrected chi connectivity index (χ4v) is 6.08. The number of nitrogens with zero attached hydrogens (tertiary/aromatic N) is 5. The van der Waals surface area contributed by atoms with Crippen molar-refractivity contribution in [3.05, 3.63) is 52.3 Å². The summed E-state index contributed by atoms with van der Waals surface area (Å²) >= 11 is 6.18. The summed E-state index contributed by atoms with van der Waals surface area (Å²) in [6.07, 6.45) is 5.08. The smallest absolute Gasteiger partial charge is 0.327 e. The minimum Gasteiger partial charge on any atom is -0.351 e. The number of amides is 1. The summed E-state index contributed by atoms with van der Waals surface area (Å²) in [6.45, 7) is 3.42. The first kappa shape index (κ1) is 27.0. The largest absolute Gasteiger partial charge is 0.351 e. The van der Waals surface area contributed by atoms with Gasteiger partial charge in [-0.15, -0.1) is 0 Å². The van der Waals surface area contributed by atoms with Crippen molar-refractivity contribution in [2.45, 2.75) is 38.3 Å². The van der Waals surface area contributed by atoms with Gasteiger partial charge in [0.2, 0.25) is 10.0 Å². The van der Waals surface area contributed by atoms with Crippen LogP contribution in [0.15, 0.2) is 30.5 Å². The number of hydrogen-bond acceptors (Lipinski definition) is 9. The second-order valence-corrected chi connectivity index (χ2v) is 12.5. The van der Waals surface area contributed by atoms with Gasteiger partial charge in [0.1, 0.15) is 11.9 Å². The molecule has 3 N–H and O–H groups in total. The molecule has 1 aromatic carbocycles. The second kappa shape index (κ2) is 10.6. The third-order valence-electron chi connectivity index (χ3n) is 6.63. The lowest BCUT2D eigenvalue weighted by Gasteiger charge is -2.40. The quantitative estimate of drug-likeness (QED) is 0.357. The lowest BCUT2D eigenvalue weighted by molar-refractivity contribution is 0.0606. The van der Waals surface area contributed by atoms with E-state index in [2.05, 4.69) is 4.72 Å². The Hall–Kier alpha value is -2.54. The van der Waals surface area contributed by atoms with Gasteiger partial charge in [0, 0.05) is 42.5 Å². The standard InChI is InChI=1S/C23H28ClN6O6PS/c1-14-11-30-21(25-22(14)28-12-16(13-28)36-37(32)33)10-19(26-30)20-5-3-4-8-29(20)23(31)17-9-15(24)6-7-18(17)27-38(2,34)35/h6-7,9-11,16,20,27,32-33H,3-5,8,12-13H2,1-2H3. The van der Waals surface area contributed by atoms with Gasteiger partial charge in [0.05, 0.1) is 29.2 Å². The Morgan fingerprint density at radius 1 is 1.24 bits per heavy atom. The Kier molecular flexibility index (Phi) is 7.51. The van der Waals surface area contributed by atoms with Crippen molar-refractivity contribution in [3.63, 3.8) is 0 Å². The summed E-state index contributed by atoms with van der Waals surface area (Å²) < 4.78 is 33.0. The molecule has 4 heterocycles. The summed E-state index contributed by atoms with van der Waals surface area (Å²) in [5.41, 5.74) is 2.57. The zero-order valence-corrected chi connectivity index (χ0v) is 23.2. The van der Waals surface area contributed by atoms with Crippen molar-refractivity contribution in [1.29, 1.82) is 0 Å². The van der Waals surface area contributed by atoms with E-state index < -0.39 is 18.6 Å². The van der Waals surface area contributed by atoms with E-state index in [1.165, 1.54) is 18.2 Å². The number of piperidine rings is 1. The molecule has 2 saturated heterocycles. The molecule has 2 aliphatic rings. The van der Waals surface area contributed by atoms with Crippen LogP contribution in [-0.2, 0) is 14.5 Å². The second-order valence-electron chi connectivity index (χ2n) is 9.58. The number of aryl methyl sites for hydroxylation is 1. The van der Waals surface area contributed by atoms with Crippen LogP contribution in [0.2, 0.25) is 5.02 Å². The van der Waals surface area contributed by atoms with Gasteiger partial charge in [-0.3, -0.25) is 9.52 Å². The van der Waals surface area contributed by atoms with Crippen molar-refractivity contribution >= 4 is 53.3 Å². The predicted octanol–water partition coefficient (Wildman–Crippen LogP) is 2.85. The van der Waals surface area contributed by atoms with Gasteiger partial charge in [-0.2, -0.15) is 5.10 Å². The Morgan fingerprint density at radius 2 is 2.00 bits per heavy atom. The molecule has 0 bridgehead atoms. The fraction of sp³-hybridized carbons (Fsp3) is 0.435. The zero-order valence-electron chi connectivity index (χ0n) is 20.8. The van der Waals surface area contributed by atoms with Crippen LogP contribution in [-0.4, -0.2) is 75.6 Å². The van der Waals surface area contributed by atoms with E-state index in [1.807, 2.05) is 24.1 Å². The molecule has 12 nitrogen and oxygen atoms in total. The maximum Gasteiger partial charge on any atom is 0.327 e. The Morgan fingerprint density at radius 3 is 2.71 bits per heavy atom. The summed E-state index contributed by atoms with van der Waals surface area (Å²) in [6, 6.07) is 6.04. The molecule has 5 rings (SSSR count). The van der Waals surface area contributed by atoms with Crippen LogP contribution in [0.3, 0.4) is 0 Å². The summed E-state index contributed by atoms with van der Waals surface area (Å²) in [5, 5.41) is 5.07. The van der Waals surface area contributed by atoms with Crippen LogP contribution >= 0.6 is 20.2 Å². The molecular weight excluding hydrogens is 555 g/mol. The number of anilines is 2. The lowest BCUT2D eigenvalue weighted by atomic mass is 9.98. The van der Waals surface area contributed by atoms with Gasteiger partial charge >= 0.3 is 8.60 Å². The minimum atomic E-state index is -3.61. The zero-order chi connectivity index (χ0) is 27.2. The van der Waals surface area contributed by atoms with E-state index in [0.29, 0.717) is 42.4 Å². The number of sulfonamides is 1. The highest BCUT2D eigenvalue weighted by Gasteiger charge is 2.34. The topological polar surface area (TPSA) is 150 Å². The van der Waals surface area contributed by atoms with Gasteiger partial charge in [-0.25, -0.2) is 17.9 Å². The molecule has 0 spiro atoms. The Bertz CT molecular complexity index is 1480. The molecule has 15 heteroatoms. The Balaban J connectivity index is 1.43. The SMILES string of the molecule is Cc1cn2nc(C3CCCCN3C(=O)c3cc(Cl)ccc3NS(C)(=O)=O)cc2nc1N1CC(OP(O)O)C1. The van der Waals surface area contributed by atoms with Crippen LogP contribution in [0.4, 0.5) is 11.5 Å².